The summed E-state index contributed by atoms with van der Waals surface area (Å²) in [4.78, 5) is 12.5. The first-order valence-electron chi connectivity index (χ1n) is 7.64. The largest absolute Gasteiger partial charge is 0.485 e. The van der Waals surface area contributed by atoms with Crippen LogP contribution in [0, 0.1) is 6.92 Å². The lowest BCUT2D eigenvalue weighted by Crippen LogP contribution is -2.40. The van der Waals surface area contributed by atoms with Crippen molar-refractivity contribution in [3.8, 4) is 11.5 Å². The van der Waals surface area contributed by atoms with Crippen molar-refractivity contribution >= 4 is 21.6 Å². The summed E-state index contributed by atoms with van der Waals surface area (Å²) in [5.41, 5.74) is 0.949. The van der Waals surface area contributed by atoms with Gasteiger partial charge in [0.2, 0.25) is 16.1 Å². The Hall–Kier alpha value is -2.58. The van der Waals surface area contributed by atoms with Gasteiger partial charge in [-0.1, -0.05) is 18.2 Å². The molecule has 25 heavy (non-hydrogen) atoms. The molecule has 3 rings (SSSR count). The lowest BCUT2D eigenvalue weighted by atomic mass is 10.2. The van der Waals surface area contributed by atoms with Gasteiger partial charge in [0.05, 0.1) is 4.90 Å². The monoisotopic (exact) mass is 362 g/mol. The molecule has 1 atom stereocenters. The van der Waals surface area contributed by atoms with Gasteiger partial charge in [-0.15, -0.1) is 0 Å². The predicted octanol–water partition coefficient (Wildman–Crippen LogP) is 1.68. The maximum Gasteiger partial charge on any atom is 0.269 e. The van der Waals surface area contributed by atoms with Crippen LogP contribution in [0.15, 0.2) is 47.4 Å². The van der Waals surface area contributed by atoms with Gasteiger partial charge in [0.15, 0.2) is 11.5 Å². The second-order valence-corrected chi connectivity index (χ2v) is 7.40. The number of sulfonamides is 1. The summed E-state index contributed by atoms with van der Waals surface area (Å²) in [5.74, 6) is 0.673. The molecular weight excluding hydrogens is 344 g/mol. The molecule has 0 aromatic heterocycles. The zero-order valence-electron chi connectivity index (χ0n) is 13.8. The Labute approximate surface area is 146 Å². The molecule has 1 heterocycles. The van der Waals surface area contributed by atoms with Gasteiger partial charge in [0.1, 0.15) is 6.61 Å². The molecular formula is C17H18N2O5S. The third-order valence-corrected chi connectivity index (χ3v) is 5.37. The number of anilines is 1. The minimum atomic E-state index is -3.61. The third kappa shape index (κ3) is 3.59. The Balaban J connectivity index is 1.77. The molecule has 7 nitrogen and oxygen atoms in total. The minimum Gasteiger partial charge on any atom is -0.485 e. The van der Waals surface area contributed by atoms with Crippen LogP contribution < -0.4 is 19.5 Å². The molecule has 0 fully saturated rings. The molecule has 1 aliphatic rings. The fraction of sp³-hybridized carbons (Fsp3) is 0.235. The van der Waals surface area contributed by atoms with E-state index in [0.717, 1.165) is 0 Å². The van der Waals surface area contributed by atoms with Gasteiger partial charge in [0.25, 0.3) is 5.91 Å². The Morgan fingerprint density at radius 1 is 1.16 bits per heavy atom. The molecule has 1 aliphatic heterocycles. The second-order valence-electron chi connectivity index (χ2n) is 5.54. The van der Waals surface area contributed by atoms with Crippen molar-refractivity contribution in [1.82, 2.24) is 4.72 Å². The lowest BCUT2D eigenvalue weighted by Gasteiger charge is -2.25. The summed E-state index contributed by atoms with van der Waals surface area (Å²) >= 11 is 0. The Morgan fingerprint density at radius 3 is 2.60 bits per heavy atom. The van der Waals surface area contributed by atoms with E-state index in [2.05, 4.69) is 10.0 Å². The first-order valence-corrected chi connectivity index (χ1v) is 9.12. The molecule has 0 saturated heterocycles. The highest BCUT2D eigenvalue weighted by Crippen LogP contribution is 2.31. The number of para-hydroxylation sites is 2. The maximum atomic E-state index is 12.4. The van der Waals surface area contributed by atoms with Crippen LogP contribution in [0.25, 0.3) is 0 Å². The Kier molecular flexibility index (Phi) is 4.65. The number of amides is 1. The quantitative estimate of drug-likeness (QED) is 0.863. The molecule has 0 aliphatic carbocycles. The Morgan fingerprint density at radius 2 is 1.88 bits per heavy atom. The van der Waals surface area contributed by atoms with E-state index < -0.39 is 22.0 Å². The van der Waals surface area contributed by atoms with Crippen LogP contribution in [-0.4, -0.2) is 34.1 Å². The van der Waals surface area contributed by atoms with Crippen LogP contribution in [0.3, 0.4) is 0 Å². The van der Waals surface area contributed by atoms with E-state index in [1.807, 2.05) is 6.07 Å². The first kappa shape index (κ1) is 17.2. The molecule has 1 unspecified atom stereocenters. The fourth-order valence-electron chi connectivity index (χ4n) is 2.45. The zero-order valence-corrected chi connectivity index (χ0v) is 14.6. The Bertz CT molecular complexity index is 911. The number of hydrogen-bond donors (Lipinski definition) is 2. The van der Waals surface area contributed by atoms with Crippen molar-refractivity contribution < 1.29 is 22.7 Å². The number of nitrogens with one attached hydrogen (secondary N) is 2. The summed E-state index contributed by atoms with van der Waals surface area (Å²) in [6.07, 6.45) is -0.819. The molecule has 2 aromatic carbocycles. The van der Waals surface area contributed by atoms with Crippen LogP contribution in [0.2, 0.25) is 0 Å². The summed E-state index contributed by atoms with van der Waals surface area (Å²) < 4.78 is 37.5. The summed E-state index contributed by atoms with van der Waals surface area (Å²) in [7, 11) is -2.27. The van der Waals surface area contributed by atoms with Gasteiger partial charge in [-0.3, -0.25) is 4.79 Å². The van der Waals surface area contributed by atoms with Crippen molar-refractivity contribution in [3.63, 3.8) is 0 Å². The van der Waals surface area contributed by atoms with Crippen LogP contribution >= 0.6 is 0 Å². The lowest BCUT2D eigenvalue weighted by molar-refractivity contribution is -0.125. The van der Waals surface area contributed by atoms with Gasteiger partial charge >= 0.3 is 0 Å². The number of benzene rings is 2. The van der Waals surface area contributed by atoms with Gasteiger partial charge < -0.3 is 14.8 Å². The van der Waals surface area contributed by atoms with E-state index in [0.29, 0.717) is 22.7 Å². The van der Waals surface area contributed by atoms with E-state index in [4.69, 9.17) is 9.47 Å². The predicted molar refractivity (Wildman–Crippen MR) is 92.4 cm³/mol. The minimum absolute atomic E-state index is 0.0797. The molecule has 1 amide bonds. The van der Waals surface area contributed by atoms with E-state index in [9.17, 15) is 13.2 Å². The number of rotatable bonds is 4. The second kappa shape index (κ2) is 6.73. The topological polar surface area (TPSA) is 93.7 Å². The number of carbonyl (C=O) groups excluding carboxylic acids is 1. The first-order chi connectivity index (χ1) is 11.9. The van der Waals surface area contributed by atoms with Crippen molar-refractivity contribution in [1.29, 1.82) is 0 Å². The molecule has 0 radical (unpaired) electrons. The number of aryl methyl sites for hydroxylation is 1. The van der Waals surface area contributed by atoms with Crippen LogP contribution in [0.4, 0.5) is 5.69 Å². The van der Waals surface area contributed by atoms with Gasteiger partial charge in [-0.25, -0.2) is 13.1 Å². The molecule has 2 aromatic rings. The van der Waals surface area contributed by atoms with Gasteiger partial charge in [-0.05, 0) is 43.8 Å². The SMILES string of the molecule is CNS(=O)(=O)c1cc(NC(=O)C2COc3ccccc3O2)ccc1C. The smallest absolute Gasteiger partial charge is 0.269 e. The van der Waals surface area contributed by atoms with E-state index >= 15 is 0 Å². The van der Waals surface area contributed by atoms with E-state index in [1.165, 1.54) is 13.1 Å². The summed E-state index contributed by atoms with van der Waals surface area (Å²) in [6, 6.07) is 11.8. The summed E-state index contributed by atoms with van der Waals surface area (Å²) in [5, 5.41) is 2.67. The van der Waals surface area contributed by atoms with Crippen molar-refractivity contribution in [2.24, 2.45) is 0 Å². The van der Waals surface area contributed by atoms with E-state index in [1.54, 1.807) is 37.3 Å². The summed E-state index contributed by atoms with van der Waals surface area (Å²) in [6.45, 7) is 1.77. The molecule has 0 bridgehead atoms. The van der Waals surface area contributed by atoms with Gasteiger partial charge in [0, 0.05) is 5.69 Å². The maximum absolute atomic E-state index is 12.4. The molecule has 132 valence electrons. The average molecular weight is 362 g/mol. The molecule has 0 spiro atoms. The number of fused-ring (bicyclic) bond motifs is 1. The van der Waals surface area contributed by atoms with Crippen LogP contribution in [-0.2, 0) is 14.8 Å². The molecule has 2 N–H and O–H groups in total. The average Bonchev–Trinajstić information content (AvgIpc) is 2.62. The number of ether oxygens (including phenoxy) is 2. The van der Waals surface area contributed by atoms with Crippen molar-refractivity contribution in [2.45, 2.75) is 17.9 Å². The highest BCUT2D eigenvalue weighted by atomic mass is 32.2. The number of hydrogen-bond acceptors (Lipinski definition) is 5. The van der Waals surface area contributed by atoms with Crippen LogP contribution in [0.5, 0.6) is 11.5 Å². The van der Waals surface area contributed by atoms with Crippen molar-refractivity contribution in [2.75, 3.05) is 19.0 Å². The number of carbonyl (C=O) groups is 1. The normalized spacial score (nSPS) is 16.3. The fourth-order valence-corrected chi connectivity index (χ4v) is 3.44. The van der Waals surface area contributed by atoms with Gasteiger partial charge in [-0.2, -0.15) is 0 Å². The molecule has 8 heteroatoms. The zero-order chi connectivity index (χ0) is 18.0. The molecule has 0 saturated carbocycles. The van der Waals surface area contributed by atoms with E-state index in [-0.39, 0.29) is 11.5 Å². The van der Waals surface area contributed by atoms with Crippen LogP contribution in [0.1, 0.15) is 5.56 Å². The standard InChI is InChI=1S/C17H18N2O5S/c1-11-7-8-12(9-16(11)25(21,22)18-2)19-17(20)15-10-23-13-5-3-4-6-14(13)24-15/h3-9,15,18H,10H2,1-2H3,(H,19,20). The highest BCUT2D eigenvalue weighted by molar-refractivity contribution is 7.89. The third-order valence-electron chi connectivity index (χ3n) is 3.81. The van der Waals surface area contributed by atoms with Crippen molar-refractivity contribution in [3.05, 3.63) is 48.0 Å². The highest BCUT2D eigenvalue weighted by Gasteiger charge is 2.27.